The smallest absolute Gasteiger partial charge is 0.244 e. The average molecular weight is 326 g/mol. The van der Waals surface area contributed by atoms with Crippen molar-refractivity contribution in [3.8, 4) is 0 Å². The molecule has 2 aromatic rings. The van der Waals surface area contributed by atoms with Crippen LogP contribution in [0.2, 0.25) is 0 Å². The van der Waals surface area contributed by atoms with E-state index in [1.54, 1.807) is 18.3 Å². The van der Waals surface area contributed by atoms with Gasteiger partial charge >= 0.3 is 0 Å². The van der Waals surface area contributed by atoms with Gasteiger partial charge in [-0.2, -0.15) is 0 Å². The van der Waals surface area contributed by atoms with Gasteiger partial charge in [0.2, 0.25) is 5.91 Å². The first-order valence-corrected chi connectivity index (χ1v) is 8.54. The number of pyridine rings is 1. The molecule has 1 heterocycles. The number of benzene rings is 1. The Morgan fingerprint density at radius 2 is 2.00 bits per heavy atom. The van der Waals surface area contributed by atoms with Crippen molar-refractivity contribution in [2.45, 2.75) is 33.1 Å². The summed E-state index contributed by atoms with van der Waals surface area (Å²) < 4.78 is 0. The molecule has 4 nitrogen and oxygen atoms in total. The number of aliphatic hydroxyl groups excluding tert-OH is 1. The van der Waals surface area contributed by atoms with Crippen molar-refractivity contribution in [3.63, 3.8) is 0 Å². The molecule has 0 spiro atoms. The lowest BCUT2D eigenvalue weighted by Crippen LogP contribution is -2.36. The van der Waals surface area contributed by atoms with E-state index >= 15 is 0 Å². The fraction of sp³-hybridized carbons (Fsp3) is 0.400. The molecule has 0 aliphatic heterocycles. The molecule has 0 fully saturated rings. The SMILES string of the molecule is CCC(CC)(CCO)CNC(=O)/C=C/c1cccc2cccnc12. The van der Waals surface area contributed by atoms with E-state index in [1.165, 1.54) is 0 Å². The molecule has 128 valence electrons. The molecular weight excluding hydrogens is 300 g/mol. The fourth-order valence-electron chi connectivity index (χ4n) is 2.94. The van der Waals surface area contributed by atoms with Gasteiger partial charge in [0.25, 0.3) is 0 Å². The Morgan fingerprint density at radius 1 is 1.25 bits per heavy atom. The first-order valence-electron chi connectivity index (χ1n) is 8.54. The second-order valence-corrected chi connectivity index (χ2v) is 6.15. The summed E-state index contributed by atoms with van der Waals surface area (Å²) >= 11 is 0. The van der Waals surface area contributed by atoms with Crippen LogP contribution in [-0.2, 0) is 4.79 Å². The molecule has 2 rings (SSSR count). The van der Waals surface area contributed by atoms with Crippen molar-refractivity contribution in [3.05, 3.63) is 48.2 Å². The van der Waals surface area contributed by atoms with Gasteiger partial charge in [-0.05, 0) is 36.8 Å². The second-order valence-electron chi connectivity index (χ2n) is 6.15. The van der Waals surface area contributed by atoms with Crippen LogP contribution in [0.4, 0.5) is 0 Å². The summed E-state index contributed by atoms with van der Waals surface area (Å²) in [6, 6.07) is 9.82. The molecule has 0 aliphatic rings. The van der Waals surface area contributed by atoms with Gasteiger partial charge in [-0.25, -0.2) is 0 Å². The Kier molecular flexibility index (Phi) is 6.50. The van der Waals surface area contributed by atoms with Crippen LogP contribution in [0.5, 0.6) is 0 Å². The molecule has 0 unspecified atom stereocenters. The largest absolute Gasteiger partial charge is 0.396 e. The minimum absolute atomic E-state index is 0.0285. The molecule has 0 bridgehead atoms. The average Bonchev–Trinajstić information content (AvgIpc) is 2.63. The predicted octanol–water partition coefficient (Wildman–Crippen LogP) is 3.55. The van der Waals surface area contributed by atoms with E-state index in [0.29, 0.717) is 13.0 Å². The minimum Gasteiger partial charge on any atom is -0.396 e. The van der Waals surface area contributed by atoms with Crippen LogP contribution in [0.1, 0.15) is 38.7 Å². The summed E-state index contributed by atoms with van der Waals surface area (Å²) in [5, 5.41) is 13.3. The van der Waals surface area contributed by atoms with Crippen molar-refractivity contribution < 1.29 is 9.90 Å². The lowest BCUT2D eigenvalue weighted by atomic mass is 9.79. The third kappa shape index (κ3) is 4.42. The summed E-state index contributed by atoms with van der Waals surface area (Å²) in [6.45, 7) is 4.93. The van der Waals surface area contributed by atoms with E-state index in [9.17, 15) is 9.90 Å². The zero-order valence-electron chi connectivity index (χ0n) is 14.5. The topological polar surface area (TPSA) is 62.2 Å². The summed E-state index contributed by atoms with van der Waals surface area (Å²) in [5.74, 6) is -0.118. The Labute approximate surface area is 143 Å². The highest BCUT2D eigenvalue weighted by Gasteiger charge is 2.25. The number of aromatic nitrogens is 1. The summed E-state index contributed by atoms with van der Waals surface area (Å²) in [4.78, 5) is 16.5. The van der Waals surface area contributed by atoms with Crippen LogP contribution in [0.3, 0.4) is 0 Å². The Hall–Kier alpha value is -2.20. The highest BCUT2D eigenvalue weighted by atomic mass is 16.3. The van der Waals surface area contributed by atoms with E-state index in [4.69, 9.17) is 0 Å². The number of rotatable bonds is 8. The molecule has 4 heteroatoms. The van der Waals surface area contributed by atoms with Gasteiger partial charge in [-0.15, -0.1) is 0 Å². The van der Waals surface area contributed by atoms with Crippen molar-refractivity contribution in [2.75, 3.05) is 13.2 Å². The first kappa shape index (κ1) is 18.1. The van der Waals surface area contributed by atoms with Crippen LogP contribution in [0.15, 0.2) is 42.6 Å². The number of fused-ring (bicyclic) bond motifs is 1. The van der Waals surface area contributed by atoms with E-state index < -0.39 is 0 Å². The van der Waals surface area contributed by atoms with Gasteiger partial charge in [0.15, 0.2) is 0 Å². The number of nitrogens with zero attached hydrogens (tertiary/aromatic N) is 1. The third-order valence-corrected chi connectivity index (χ3v) is 4.86. The van der Waals surface area contributed by atoms with Crippen LogP contribution in [-0.4, -0.2) is 29.1 Å². The van der Waals surface area contributed by atoms with Crippen LogP contribution in [0.25, 0.3) is 17.0 Å². The lowest BCUT2D eigenvalue weighted by Gasteiger charge is -2.31. The fourth-order valence-corrected chi connectivity index (χ4v) is 2.94. The lowest BCUT2D eigenvalue weighted by molar-refractivity contribution is -0.117. The van der Waals surface area contributed by atoms with Crippen LogP contribution in [0, 0.1) is 5.41 Å². The van der Waals surface area contributed by atoms with Gasteiger partial charge in [0, 0.05) is 36.4 Å². The number of carbonyl (C=O) groups is 1. The first-order chi connectivity index (χ1) is 11.6. The van der Waals surface area contributed by atoms with E-state index in [0.717, 1.165) is 29.3 Å². The number of hydrogen-bond acceptors (Lipinski definition) is 3. The number of hydrogen-bond donors (Lipinski definition) is 2. The number of carbonyl (C=O) groups excluding carboxylic acids is 1. The Morgan fingerprint density at radius 3 is 2.71 bits per heavy atom. The minimum atomic E-state index is -0.118. The van der Waals surface area contributed by atoms with Crippen molar-refractivity contribution in [1.82, 2.24) is 10.3 Å². The maximum absolute atomic E-state index is 12.2. The Bertz CT molecular complexity index is 700. The van der Waals surface area contributed by atoms with Crippen molar-refractivity contribution >= 4 is 22.9 Å². The maximum atomic E-state index is 12.2. The third-order valence-electron chi connectivity index (χ3n) is 4.86. The zero-order chi connectivity index (χ0) is 17.4. The second kappa shape index (κ2) is 8.60. The molecule has 2 N–H and O–H groups in total. The molecule has 0 atom stereocenters. The molecule has 1 aromatic carbocycles. The van der Waals surface area contributed by atoms with Crippen molar-refractivity contribution in [2.24, 2.45) is 5.41 Å². The zero-order valence-corrected chi connectivity index (χ0v) is 14.5. The normalized spacial score (nSPS) is 12.0. The predicted molar refractivity (Wildman–Crippen MR) is 98.5 cm³/mol. The highest BCUT2D eigenvalue weighted by molar-refractivity contribution is 5.95. The molecule has 0 radical (unpaired) electrons. The van der Waals surface area contributed by atoms with E-state index in [1.807, 2.05) is 30.3 Å². The standard InChI is InChI=1S/C20H26N2O2/c1-3-20(4-2,12-14-23)15-22-18(24)11-10-17-8-5-7-16-9-6-13-21-19(16)17/h5-11,13,23H,3-4,12,14-15H2,1-2H3,(H,22,24)/b11-10+. The molecule has 1 aromatic heterocycles. The van der Waals surface area contributed by atoms with Crippen LogP contribution >= 0.6 is 0 Å². The van der Waals surface area contributed by atoms with Crippen LogP contribution < -0.4 is 5.32 Å². The van der Waals surface area contributed by atoms with Gasteiger partial charge in [-0.3, -0.25) is 9.78 Å². The molecule has 24 heavy (non-hydrogen) atoms. The maximum Gasteiger partial charge on any atom is 0.244 e. The molecule has 0 saturated carbocycles. The molecule has 0 saturated heterocycles. The highest BCUT2D eigenvalue weighted by Crippen LogP contribution is 2.29. The molecule has 0 aliphatic carbocycles. The molecule has 1 amide bonds. The van der Waals surface area contributed by atoms with E-state index in [-0.39, 0.29) is 17.9 Å². The van der Waals surface area contributed by atoms with E-state index in [2.05, 4.69) is 24.1 Å². The summed E-state index contributed by atoms with van der Waals surface area (Å²) in [5.41, 5.74) is 1.79. The van der Waals surface area contributed by atoms with Gasteiger partial charge in [0.1, 0.15) is 0 Å². The number of amides is 1. The van der Waals surface area contributed by atoms with Crippen molar-refractivity contribution in [1.29, 1.82) is 0 Å². The quantitative estimate of drug-likeness (QED) is 0.729. The number of aliphatic hydroxyl groups is 1. The monoisotopic (exact) mass is 326 g/mol. The van der Waals surface area contributed by atoms with Gasteiger partial charge < -0.3 is 10.4 Å². The number of para-hydroxylation sites is 1. The van der Waals surface area contributed by atoms with Gasteiger partial charge in [-0.1, -0.05) is 38.1 Å². The number of nitrogens with one attached hydrogen (secondary N) is 1. The van der Waals surface area contributed by atoms with Gasteiger partial charge in [0.05, 0.1) is 5.52 Å². The summed E-state index contributed by atoms with van der Waals surface area (Å²) in [6.07, 6.45) is 7.68. The summed E-state index contributed by atoms with van der Waals surface area (Å²) in [7, 11) is 0. The molecular formula is C20H26N2O2. The Balaban J connectivity index is 2.05.